The molecule has 5 rings (SSSR count). The summed E-state index contributed by atoms with van der Waals surface area (Å²) in [6.45, 7) is 5.76. The SMILES string of the molecule is C=CCN1CC[C@]23c4c5ccc(O)c4O[C@H]2[C@@H](O)C=CC3[C@H]1C5.Cl. The van der Waals surface area contributed by atoms with E-state index in [1.54, 1.807) is 6.07 Å². The van der Waals surface area contributed by atoms with Crippen LogP contribution in [-0.4, -0.2) is 46.5 Å². The Bertz CT molecular complexity index is 734. The number of aliphatic hydroxyl groups excluding tert-OH is 1. The molecule has 4 nitrogen and oxygen atoms in total. The van der Waals surface area contributed by atoms with E-state index in [9.17, 15) is 10.2 Å². The van der Waals surface area contributed by atoms with Crippen LogP contribution >= 0.6 is 12.4 Å². The molecule has 0 radical (unpaired) electrons. The molecule has 2 N–H and O–H groups in total. The van der Waals surface area contributed by atoms with Crippen LogP contribution in [0.15, 0.2) is 36.9 Å². The van der Waals surface area contributed by atoms with E-state index in [0.29, 0.717) is 17.7 Å². The topological polar surface area (TPSA) is 52.9 Å². The first-order valence-corrected chi connectivity index (χ1v) is 8.40. The van der Waals surface area contributed by atoms with Crippen molar-refractivity contribution in [3.05, 3.63) is 48.1 Å². The molecule has 5 heteroatoms. The summed E-state index contributed by atoms with van der Waals surface area (Å²) in [4.78, 5) is 2.50. The molecule has 0 saturated carbocycles. The lowest BCUT2D eigenvalue weighted by Gasteiger charge is -2.57. The van der Waals surface area contributed by atoms with Crippen molar-refractivity contribution >= 4 is 12.4 Å². The number of benzene rings is 1. The largest absolute Gasteiger partial charge is 0.504 e. The number of rotatable bonds is 2. The molecule has 2 bridgehead atoms. The van der Waals surface area contributed by atoms with E-state index < -0.39 is 6.10 Å². The monoisotopic (exact) mass is 347 g/mol. The van der Waals surface area contributed by atoms with Gasteiger partial charge in [0.05, 0.1) is 0 Å². The van der Waals surface area contributed by atoms with Crippen molar-refractivity contribution < 1.29 is 14.9 Å². The van der Waals surface area contributed by atoms with E-state index in [1.807, 2.05) is 18.2 Å². The quantitative estimate of drug-likeness (QED) is 0.805. The molecular weight excluding hydrogens is 326 g/mol. The summed E-state index contributed by atoms with van der Waals surface area (Å²) in [5.41, 5.74) is 2.22. The Morgan fingerprint density at radius 3 is 3.00 bits per heavy atom. The average Bonchev–Trinajstić information content (AvgIpc) is 2.89. The summed E-state index contributed by atoms with van der Waals surface area (Å²) in [6, 6.07) is 4.17. The van der Waals surface area contributed by atoms with Gasteiger partial charge in [-0.05, 0) is 31.0 Å². The number of phenols is 1. The van der Waals surface area contributed by atoms with Gasteiger partial charge in [-0.25, -0.2) is 0 Å². The summed E-state index contributed by atoms with van der Waals surface area (Å²) in [5.74, 6) is 1.13. The summed E-state index contributed by atoms with van der Waals surface area (Å²) in [5, 5.41) is 20.8. The van der Waals surface area contributed by atoms with E-state index in [0.717, 1.165) is 31.5 Å². The number of likely N-dealkylation sites (tertiary alicyclic amines) is 1. The number of halogens is 1. The number of ether oxygens (including phenoxy) is 1. The van der Waals surface area contributed by atoms with Crippen molar-refractivity contribution in [2.24, 2.45) is 5.92 Å². The van der Waals surface area contributed by atoms with Gasteiger partial charge in [0.15, 0.2) is 11.5 Å². The number of aromatic hydroxyl groups is 1. The van der Waals surface area contributed by atoms with Gasteiger partial charge < -0.3 is 14.9 Å². The van der Waals surface area contributed by atoms with Crippen LogP contribution in [0.2, 0.25) is 0 Å². The number of phenolic OH excluding ortho intramolecular Hbond substituents is 1. The van der Waals surface area contributed by atoms with Gasteiger partial charge in [0.1, 0.15) is 12.2 Å². The molecule has 2 aliphatic carbocycles. The van der Waals surface area contributed by atoms with Crippen molar-refractivity contribution in [2.45, 2.75) is 36.5 Å². The molecule has 0 amide bonds. The molecule has 1 aromatic rings. The van der Waals surface area contributed by atoms with Crippen molar-refractivity contribution in [3.8, 4) is 11.5 Å². The molecule has 4 aliphatic rings. The summed E-state index contributed by atoms with van der Waals surface area (Å²) in [7, 11) is 0. The van der Waals surface area contributed by atoms with Crippen LogP contribution < -0.4 is 4.74 Å². The van der Waals surface area contributed by atoms with Crippen molar-refractivity contribution in [1.82, 2.24) is 4.90 Å². The summed E-state index contributed by atoms with van der Waals surface area (Å²) in [6.07, 6.45) is 7.04. The fourth-order valence-corrected chi connectivity index (χ4v) is 5.52. The van der Waals surface area contributed by atoms with Crippen molar-refractivity contribution in [1.29, 1.82) is 0 Å². The third-order valence-electron chi connectivity index (χ3n) is 6.35. The minimum atomic E-state index is -0.615. The number of nitrogens with zero attached hydrogens (tertiary/aromatic N) is 1. The van der Waals surface area contributed by atoms with E-state index in [-0.39, 0.29) is 29.7 Å². The molecule has 2 heterocycles. The highest BCUT2D eigenvalue weighted by Crippen LogP contribution is 2.62. The van der Waals surface area contributed by atoms with Crippen LogP contribution in [0.5, 0.6) is 11.5 Å². The third kappa shape index (κ3) is 1.71. The van der Waals surface area contributed by atoms with E-state index in [1.165, 1.54) is 5.56 Å². The Labute approximate surface area is 147 Å². The summed E-state index contributed by atoms with van der Waals surface area (Å²) >= 11 is 0. The number of hydrogen-bond donors (Lipinski definition) is 2. The fraction of sp³-hybridized carbons (Fsp3) is 0.474. The smallest absolute Gasteiger partial charge is 0.165 e. The average molecular weight is 348 g/mol. The van der Waals surface area contributed by atoms with Crippen LogP contribution in [0.25, 0.3) is 0 Å². The van der Waals surface area contributed by atoms with Gasteiger partial charge in [-0.2, -0.15) is 0 Å². The van der Waals surface area contributed by atoms with Gasteiger partial charge in [0.25, 0.3) is 0 Å². The standard InChI is InChI=1S/C19H21NO3.ClH/c1-2-8-20-9-7-19-12-4-6-15(22)18(19)23-17-14(21)5-3-11(16(17)19)10-13(12)20;/h2-6,12-13,15,18,21-22H,1,7-10H2;1H/t12?,13-,15+,18+,19+;/m1./s1. The first-order chi connectivity index (χ1) is 11.2. The molecular formula is C19H22ClNO3. The van der Waals surface area contributed by atoms with Crippen LogP contribution in [-0.2, 0) is 11.8 Å². The van der Waals surface area contributed by atoms with E-state index >= 15 is 0 Å². The minimum absolute atomic E-state index is 0. The molecule has 5 atom stereocenters. The van der Waals surface area contributed by atoms with Crippen LogP contribution in [0, 0.1) is 5.92 Å². The second-order valence-electron chi connectivity index (χ2n) is 7.23. The lowest BCUT2D eigenvalue weighted by atomic mass is 9.53. The molecule has 1 fully saturated rings. The van der Waals surface area contributed by atoms with Crippen LogP contribution in [0.4, 0.5) is 0 Å². The number of piperidine rings is 1. The van der Waals surface area contributed by atoms with Gasteiger partial charge in [0, 0.05) is 29.5 Å². The Morgan fingerprint density at radius 2 is 2.21 bits per heavy atom. The van der Waals surface area contributed by atoms with E-state index in [4.69, 9.17) is 4.74 Å². The number of hydrogen-bond acceptors (Lipinski definition) is 4. The lowest BCUT2D eigenvalue weighted by Crippen LogP contribution is -2.65. The fourth-order valence-electron chi connectivity index (χ4n) is 5.52. The maximum Gasteiger partial charge on any atom is 0.165 e. The molecule has 1 unspecified atom stereocenters. The van der Waals surface area contributed by atoms with Gasteiger partial charge >= 0.3 is 0 Å². The van der Waals surface area contributed by atoms with E-state index in [2.05, 4.69) is 17.6 Å². The molecule has 128 valence electrons. The van der Waals surface area contributed by atoms with Crippen molar-refractivity contribution in [2.75, 3.05) is 13.1 Å². The lowest BCUT2D eigenvalue weighted by molar-refractivity contribution is -0.0488. The normalized spacial score (nSPS) is 38.0. The minimum Gasteiger partial charge on any atom is -0.504 e. The highest BCUT2D eigenvalue weighted by atomic mass is 35.5. The van der Waals surface area contributed by atoms with Gasteiger partial charge in [0.2, 0.25) is 0 Å². The third-order valence-corrected chi connectivity index (χ3v) is 6.35. The van der Waals surface area contributed by atoms with Gasteiger partial charge in [-0.1, -0.05) is 24.3 Å². The molecule has 2 aliphatic heterocycles. The second-order valence-corrected chi connectivity index (χ2v) is 7.23. The highest BCUT2D eigenvalue weighted by molar-refractivity contribution is 5.85. The molecule has 1 aromatic carbocycles. The first kappa shape index (κ1) is 16.0. The zero-order valence-electron chi connectivity index (χ0n) is 13.4. The zero-order chi connectivity index (χ0) is 15.8. The first-order valence-electron chi connectivity index (χ1n) is 8.40. The van der Waals surface area contributed by atoms with Gasteiger partial charge in [-0.3, -0.25) is 4.90 Å². The Morgan fingerprint density at radius 1 is 1.38 bits per heavy atom. The molecule has 1 spiro atoms. The zero-order valence-corrected chi connectivity index (χ0v) is 14.2. The van der Waals surface area contributed by atoms with Crippen LogP contribution in [0.3, 0.4) is 0 Å². The van der Waals surface area contributed by atoms with Crippen LogP contribution in [0.1, 0.15) is 17.5 Å². The maximum atomic E-state index is 10.5. The van der Waals surface area contributed by atoms with Crippen molar-refractivity contribution in [3.63, 3.8) is 0 Å². The highest BCUT2D eigenvalue weighted by Gasteiger charge is 2.64. The summed E-state index contributed by atoms with van der Waals surface area (Å²) < 4.78 is 6.13. The molecule has 1 saturated heterocycles. The Balaban J connectivity index is 0.00000146. The maximum absolute atomic E-state index is 10.5. The predicted octanol–water partition coefficient (Wildman–Crippen LogP) is 2.18. The molecule has 24 heavy (non-hydrogen) atoms. The molecule has 0 aromatic heterocycles. The Hall–Kier alpha value is -1.49. The van der Waals surface area contributed by atoms with Gasteiger partial charge in [-0.15, -0.1) is 19.0 Å². The Kier molecular flexibility index (Phi) is 3.50. The predicted molar refractivity (Wildman–Crippen MR) is 94.0 cm³/mol. The second kappa shape index (κ2) is 5.25. The number of aliphatic hydroxyl groups is 1.